The summed E-state index contributed by atoms with van der Waals surface area (Å²) in [4.78, 5) is 4.53. The molecule has 3 heteroatoms. The number of hydrogen-bond donors (Lipinski definition) is 1. The molecule has 1 aromatic rings. The van der Waals surface area contributed by atoms with E-state index in [0.29, 0.717) is 0 Å². The Morgan fingerprint density at radius 1 is 1.78 bits per heavy atom. The van der Waals surface area contributed by atoms with Crippen molar-refractivity contribution >= 4 is 11.3 Å². The van der Waals surface area contributed by atoms with Crippen molar-refractivity contribution in [2.75, 3.05) is 0 Å². The summed E-state index contributed by atoms with van der Waals surface area (Å²) >= 11 is 1.39. The van der Waals surface area contributed by atoms with Gasteiger partial charge in [0.2, 0.25) is 5.88 Å². The molecule has 9 heavy (non-hydrogen) atoms. The minimum atomic E-state index is 0.154. The molecule has 0 saturated heterocycles. The molecule has 1 N–H and O–H groups in total. The molecular weight excluding hydrogens is 134 g/mol. The fourth-order valence-electron chi connectivity index (χ4n) is 0.619. The molecule has 0 bridgehead atoms. The maximum atomic E-state index is 8.95. The largest absolute Gasteiger partial charge is 0.492 e. The molecule has 0 aliphatic rings. The monoisotopic (exact) mass is 142 g/mol. The summed E-state index contributed by atoms with van der Waals surface area (Å²) in [6.07, 6.45) is 1.95. The number of rotatable bonds is 2. The molecular formula is C6H8NOS. The van der Waals surface area contributed by atoms with Crippen molar-refractivity contribution in [2.45, 2.75) is 19.8 Å². The second-order valence-corrected chi connectivity index (χ2v) is 2.68. The summed E-state index contributed by atoms with van der Waals surface area (Å²) in [5, 5.41) is 8.95. The summed E-state index contributed by atoms with van der Waals surface area (Å²) in [6.45, 7) is 2.07. The lowest BCUT2D eigenvalue weighted by molar-refractivity contribution is 0.450. The SMILES string of the molecule is CCCc1s[c]nc1O. The number of nitrogens with zero attached hydrogens (tertiary/aromatic N) is 1. The second kappa shape index (κ2) is 2.82. The molecule has 0 unspecified atom stereocenters. The molecule has 0 atom stereocenters. The number of aromatic nitrogens is 1. The van der Waals surface area contributed by atoms with E-state index in [4.69, 9.17) is 5.11 Å². The van der Waals surface area contributed by atoms with E-state index in [0.717, 1.165) is 17.7 Å². The zero-order chi connectivity index (χ0) is 6.69. The standard InChI is InChI=1S/C6H8NOS/c1-2-3-5-6(8)7-4-9-5/h8H,2-3H2,1H3. The van der Waals surface area contributed by atoms with Crippen LogP contribution in [0.1, 0.15) is 18.2 Å². The molecule has 1 aromatic heterocycles. The first kappa shape index (κ1) is 6.55. The molecule has 0 aliphatic carbocycles. The molecule has 0 aromatic carbocycles. The van der Waals surface area contributed by atoms with Gasteiger partial charge >= 0.3 is 0 Å². The zero-order valence-corrected chi connectivity index (χ0v) is 6.03. The van der Waals surface area contributed by atoms with E-state index in [1.807, 2.05) is 0 Å². The smallest absolute Gasteiger partial charge is 0.225 e. The van der Waals surface area contributed by atoms with Crippen molar-refractivity contribution in [3.05, 3.63) is 10.4 Å². The first-order valence-corrected chi connectivity index (χ1v) is 3.71. The van der Waals surface area contributed by atoms with E-state index in [9.17, 15) is 0 Å². The molecule has 0 spiro atoms. The number of thiazole rings is 1. The van der Waals surface area contributed by atoms with E-state index >= 15 is 0 Å². The van der Waals surface area contributed by atoms with E-state index in [1.165, 1.54) is 11.3 Å². The van der Waals surface area contributed by atoms with Crippen LogP contribution in [-0.4, -0.2) is 10.1 Å². The molecule has 0 fully saturated rings. The zero-order valence-electron chi connectivity index (χ0n) is 5.22. The van der Waals surface area contributed by atoms with Crippen molar-refractivity contribution in [2.24, 2.45) is 0 Å². The highest BCUT2D eigenvalue weighted by Crippen LogP contribution is 2.19. The summed E-state index contributed by atoms with van der Waals surface area (Å²) in [7, 11) is 0. The normalized spacial score (nSPS) is 9.89. The van der Waals surface area contributed by atoms with Crippen LogP contribution in [0.4, 0.5) is 0 Å². The lowest BCUT2D eigenvalue weighted by Gasteiger charge is -1.89. The van der Waals surface area contributed by atoms with Gasteiger partial charge in [0, 0.05) is 0 Å². The van der Waals surface area contributed by atoms with Crippen LogP contribution in [-0.2, 0) is 6.42 Å². The van der Waals surface area contributed by atoms with Gasteiger partial charge in [-0.3, -0.25) is 0 Å². The van der Waals surface area contributed by atoms with Crippen molar-refractivity contribution in [3.63, 3.8) is 0 Å². The first-order chi connectivity index (χ1) is 4.34. The van der Waals surface area contributed by atoms with Gasteiger partial charge in [0.1, 0.15) is 0 Å². The van der Waals surface area contributed by atoms with Crippen LogP contribution in [0, 0.1) is 5.51 Å². The van der Waals surface area contributed by atoms with Crippen molar-refractivity contribution in [1.29, 1.82) is 0 Å². The Bertz CT molecular complexity index is 185. The molecule has 1 radical (unpaired) electrons. The number of aryl methyl sites for hydroxylation is 1. The fourth-order valence-corrected chi connectivity index (χ4v) is 1.30. The quantitative estimate of drug-likeness (QED) is 0.680. The summed E-state index contributed by atoms with van der Waals surface area (Å²) in [6, 6.07) is 0. The van der Waals surface area contributed by atoms with Crippen molar-refractivity contribution in [3.8, 4) is 5.88 Å². The minimum Gasteiger partial charge on any atom is -0.492 e. The highest BCUT2D eigenvalue weighted by molar-refractivity contribution is 7.09. The van der Waals surface area contributed by atoms with Gasteiger partial charge in [0.05, 0.1) is 4.88 Å². The van der Waals surface area contributed by atoms with Gasteiger partial charge in [0.15, 0.2) is 5.51 Å². The van der Waals surface area contributed by atoms with Gasteiger partial charge in [-0.1, -0.05) is 13.3 Å². The molecule has 2 nitrogen and oxygen atoms in total. The lowest BCUT2D eigenvalue weighted by Crippen LogP contribution is -1.75. The van der Waals surface area contributed by atoms with Crippen LogP contribution >= 0.6 is 11.3 Å². The minimum absolute atomic E-state index is 0.154. The van der Waals surface area contributed by atoms with Gasteiger partial charge in [-0.05, 0) is 6.42 Å². The molecule has 0 amide bonds. The number of aromatic hydroxyl groups is 1. The molecule has 0 saturated carbocycles. The molecule has 49 valence electrons. The second-order valence-electron chi connectivity index (χ2n) is 1.80. The van der Waals surface area contributed by atoms with Gasteiger partial charge in [-0.15, -0.1) is 11.3 Å². The van der Waals surface area contributed by atoms with Crippen LogP contribution in [0.5, 0.6) is 5.88 Å². The average Bonchev–Trinajstić information content (AvgIpc) is 2.18. The molecule has 0 aliphatic heterocycles. The number of hydrogen-bond acceptors (Lipinski definition) is 3. The Morgan fingerprint density at radius 3 is 3.00 bits per heavy atom. The van der Waals surface area contributed by atoms with Gasteiger partial charge < -0.3 is 5.11 Å². The highest BCUT2D eigenvalue weighted by Gasteiger charge is 2.00. The Balaban J connectivity index is 2.69. The van der Waals surface area contributed by atoms with E-state index in [2.05, 4.69) is 17.4 Å². The van der Waals surface area contributed by atoms with E-state index in [1.54, 1.807) is 0 Å². The Labute approximate surface area is 58.2 Å². The topological polar surface area (TPSA) is 33.1 Å². The predicted octanol–water partition coefficient (Wildman–Crippen LogP) is 1.60. The third-order valence-corrected chi connectivity index (χ3v) is 1.86. The van der Waals surface area contributed by atoms with Crippen LogP contribution in [0.2, 0.25) is 0 Å². The lowest BCUT2D eigenvalue weighted by atomic mass is 10.3. The van der Waals surface area contributed by atoms with Gasteiger partial charge in [-0.25, -0.2) is 0 Å². The maximum Gasteiger partial charge on any atom is 0.225 e. The van der Waals surface area contributed by atoms with Crippen molar-refractivity contribution < 1.29 is 5.11 Å². The maximum absolute atomic E-state index is 8.95. The van der Waals surface area contributed by atoms with E-state index in [-0.39, 0.29) is 5.88 Å². The average molecular weight is 142 g/mol. The molecule has 1 rings (SSSR count). The van der Waals surface area contributed by atoms with Crippen LogP contribution in [0.3, 0.4) is 0 Å². The first-order valence-electron chi connectivity index (χ1n) is 2.89. The van der Waals surface area contributed by atoms with Gasteiger partial charge in [-0.2, -0.15) is 4.98 Å². The third kappa shape index (κ3) is 1.42. The Hall–Kier alpha value is -0.570. The molecule has 1 heterocycles. The fraction of sp³-hybridized carbons (Fsp3) is 0.500. The predicted molar refractivity (Wildman–Crippen MR) is 36.6 cm³/mol. The van der Waals surface area contributed by atoms with Gasteiger partial charge in [0.25, 0.3) is 0 Å². The Morgan fingerprint density at radius 2 is 2.56 bits per heavy atom. The Kier molecular flexibility index (Phi) is 2.05. The van der Waals surface area contributed by atoms with Crippen LogP contribution < -0.4 is 0 Å². The van der Waals surface area contributed by atoms with E-state index < -0.39 is 0 Å². The summed E-state index contributed by atoms with van der Waals surface area (Å²) in [5.41, 5.74) is 2.62. The third-order valence-electron chi connectivity index (χ3n) is 1.05. The van der Waals surface area contributed by atoms with Crippen LogP contribution in [0.15, 0.2) is 0 Å². The summed E-state index contributed by atoms with van der Waals surface area (Å²) < 4.78 is 0. The van der Waals surface area contributed by atoms with Crippen molar-refractivity contribution in [1.82, 2.24) is 4.98 Å². The summed E-state index contributed by atoms with van der Waals surface area (Å²) in [5.74, 6) is 0.154. The van der Waals surface area contributed by atoms with Crippen LogP contribution in [0.25, 0.3) is 0 Å². The highest BCUT2D eigenvalue weighted by atomic mass is 32.1.